The van der Waals surface area contributed by atoms with Gasteiger partial charge in [0.15, 0.2) is 0 Å². The highest BCUT2D eigenvalue weighted by Crippen LogP contribution is 2.28. The molecule has 108 valence electrons. The summed E-state index contributed by atoms with van der Waals surface area (Å²) in [7, 11) is 1.90. The molecule has 0 amide bonds. The van der Waals surface area contributed by atoms with Crippen molar-refractivity contribution in [3.8, 4) is 0 Å². The van der Waals surface area contributed by atoms with Crippen LogP contribution in [0.3, 0.4) is 0 Å². The zero-order chi connectivity index (χ0) is 14.9. The number of hydrogen-bond acceptors (Lipinski definition) is 3. The van der Waals surface area contributed by atoms with E-state index in [2.05, 4.69) is 32.9 Å². The number of hydrogen-bond donors (Lipinski definition) is 1. The Labute approximate surface area is 126 Å². The van der Waals surface area contributed by atoms with Crippen LogP contribution >= 0.6 is 15.9 Å². The summed E-state index contributed by atoms with van der Waals surface area (Å²) in [4.78, 5) is 4.09. The van der Waals surface area contributed by atoms with Gasteiger partial charge in [-0.05, 0) is 41.4 Å². The molecule has 2 rings (SSSR count). The zero-order valence-electron chi connectivity index (χ0n) is 11.8. The molecular weight excluding hydrogens is 323 g/mol. The van der Waals surface area contributed by atoms with E-state index in [4.69, 9.17) is 5.73 Å². The van der Waals surface area contributed by atoms with Crippen molar-refractivity contribution in [3.63, 3.8) is 0 Å². The molecule has 2 aromatic heterocycles. The molecule has 0 radical (unpaired) electrons. The highest BCUT2D eigenvalue weighted by molar-refractivity contribution is 9.10. The van der Waals surface area contributed by atoms with E-state index < -0.39 is 5.54 Å². The summed E-state index contributed by atoms with van der Waals surface area (Å²) in [6.45, 7) is 3.94. The van der Waals surface area contributed by atoms with Crippen LogP contribution in [0.25, 0.3) is 0 Å². The number of nitrogens with two attached hydrogens (primary N) is 1. The summed E-state index contributed by atoms with van der Waals surface area (Å²) in [5, 5.41) is 4.45. The summed E-state index contributed by atoms with van der Waals surface area (Å²) in [6, 6.07) is 3.00. The van der Waals surface area contributed by atoms with Crippen molar-refractivity contribution >= 4 is 15.9 Å². The fourth-order valence-corrected chi connectivity index (χ4v) is 2.92. The van der Waals surface area contributed by atoms with Crippen molar-refractivity contribution in [3.05, 3.63) is 45.7 Å². The number of nitrogens with zero attached hydrogens (tertiary/aromatic N) is 3. The number of aryl methyl sites for hydroxylation is 2. The zero-order valence-corrected chi connectivity index (χ0v) is 13.4. The van der Waals surface area contributed by atoms with Gasteiger partial charge in [-0.2, -0.15) is 5.10 Å². The van der Waals surface area contributed by atoms with Crippen molar-refractivity contribution in [2.75, 3.05) is 0 Å². The number of aromatic nitrogens is 3. The molecule has 0 aliphatic heterocycles. The second-order valence-electron chi connectivity index (χ2n) is 5.14. The summed E-state index contributed by atoms with van der Waals surface area (Å²) in [6.07, 6.45) is 2.61. The first-order chi connectivity index (χ1) is 9.35. The molecule has 1 atom stereocenters. The molecule has 0 aromatic carbocycles. The summed E-state index contributed by atoms with van der Waals surface area (Å²) < 4.78 is 15.8. The summed E-state index contributed by atoms with van der Waals surface area (Å²) >= 11 is 3.58. The lowest BCUT2D eigenvalue weighted by Gasteiger charge is -2.24. The lowest BCUT2D eigenvalue weighted by molar-refractivity contribution is 0.455. The Hall–Kier alpha value is -1.27. The van der Waals surface area contributed by atoms with Gasteiger partial charge in [0.25, 0.3) is 0 Å². The van der Waals surface area contributed by atoms with E-state index >= 15 is 0 Å². The molecule has 0 saturated carbocycles. The maximum Gasteiger partial charge on any atom is 0.141 e. The normalized spacial score (nSPS) is 14.3. The number of halogens is 2. The van der Waals surface area contributed by atoms with Crippen molar-refractivity contribution in [1.82, 2.24) is 14.8 Å². The Morgan fingerprint density at radius 1 is 1.45 bits per heavy atom. The van der Waals surface area contributed by atoms with E-state index in [1.807, 2.05) is 18.7 Å². The van der Waals surface area contributed by atoms with E-state index in [9.17, 15) is 4.39 Å². The fraction of sp³-hybridized carbons (Fsp3) is 0.429. The van der Waals surface area contributed by atoms with Gasteiger partial charge in [-0.25, -0.2) is 4.39 Å². The van der Waals surface area contributed by atoms with Gasteiger partial charge in [-0.15, -0.1) is 0 Å². The van der Waals surface area contributed by atoms with Gasteiger partial charge >= 0.3 is 0 Å². The first-order valence-corrected chi connectivity index (χ1v) is 7.25. The van der Waals surface area contributed by atoms with Crippen LogP contribution in [-0.4, -0.2) is 14.8 Å². The van der Waals surface area contributed by atoms with Crippen LogP contribution in [0, 0.1) is 5.82 Å². The number of pyridine rings is 1. The van der Waals surface area contributed by atoms with Crippen LogP contribution in [0.2, 0.25) is 0 Å². The maximum absolute atomic E-state index is 13.0. The van der Waals surface area contributed by atoms with Crippen LogP contribution in [0.4, 0.5) is 4.39 Å². The quantitative estimate of drug-likeness (QED) is 0.930. The second-order valence-corrected chi connectivity index (χ2v) is 5.93. The molecule has 20 heavy (non-hydrogen) atoms. The molecule has 1 unspecified atom stereocenters. The Morgan fingerprint density at radius 2 is 2.15 bits per heavy atom. The van der Waals surface area contributed by atoms with Gasteiger partial charge in [-0.1, -0.05) is 6.92 Å². The third-order valence-corrected chi connectivity index (χ3v) is 4.27. The first-order valence-electron chi connectivity index (χ1n) is 6.46. The lowest BCUT2D eigenvalue weighted by atomic mass is 9.92. The molecule has 6 heteroatoms. The van der Waals surface area contributed by atoms with Gasteiger partial charge in [0.05, 0.1) is 33.3 Å². The average molecular weight is 341 g/mol. The molecule has 2 aromatic rings. The predicted molar refractivity (Wildman–Crippen MR) is 79.7 cm³/mol. The minimum absolute atomic E-state index is 0.362. The Kier molecular flexibility index (Phi) is 4.25. The molecule has 4 nitrogen and oxygen atoms in total. The summed E-state index contributed by atoms with van der Waals surface area (Å²) in [5.74, 6) is -0.362. The standard InChI is InChI=1S/C14H18BrFN4/c1-4-10-13(15)11(20(3)19-10)7-14(2,17)12-6-5-9(16)8-18-12/h5-6,8H,4,7,17H2,1-3H3. The van der Waals surface area contributed by atoms with E-state index in [1.54, 1.807) is 6.07 Å². The van der Waals surface area contributed by atoms with Crippen LogP contribution < -0.4 is 5.73 Å². The van der Waals surface area contributed by atoms with Crippen LogP contribution in [0.15, 0.2) is 22.8 Å². The minimum Gasteiger partial charge on any atom is -0.320 e. The summed E-state index contributed by atoms with van der Waals surface area (Å²) in [5.41, 5.74) is 8.35. The van der Waals surface area contributed by atoms with Crippen LogP contribution in [-0.2, 0) is 25.4 Å². The van der Waals surface area contributed by atoms with Crippen LogP contribution in [0.1, 0.15) is 30.9 Å². The Bertz CT molecular complexity index is 604. The highest BCUT2D eigenvalue weighted by Gasteiger charge is 2.27. The largest absolute Gasteiger partial charge is 0.320 e. The van der Waals surface area contributed by atoms with Gasteiger partial charge in [0, 0.05) is 13.5 Å². The molecule has 2 N–H and O–H groups in total. The molecule has 0 saturated heterocycles. The Balaban J connectivity index is 2.32. The number of rotatable bonds is 4. The van der Waals surface area contributed by atoms with E-state index in [0.29, 0.717) is 12.1 Å². The third-order valence-electron chi connectivity index (χ3n) is 3.35. The van der Waals surface area contributed by atoms with E-state index in [-0.39, 0.29) is 5.82 Å². The van der Waals surface area contributed by atoms with Crippen molar-refractivity contribution in [2.24, 2.45) is 12.8 Å². The SMILES string of the molecule is CCc1nn(C)c(CC(C)(N)c2ccc(F)cn2)c1Br. The van der Waals surface area contributed by atoms with Crippen molar-refractivity contribution in [1.29, 1.82) is 0 Å². The molecule has 0 bridgehead atoms. The molecule has 0 spiro atoms. The molecule has 0 aliphatic carbocycles. The van der Waals surface area contributed by atoms with Gasteiger partial charge in [0.2, 0.25) is 0 Å². The molecule has 2 heterocycles. The third kappa shape index (κ3) is 2.91. The molecular formula is C14H18BrFN4. The van der Waals surface area contributed by atoms with Crippen molar-refractivity contribution < 1.29 is 4.39 Å². The highest BCUT2D eigenvalue weighted by atomic mass is 79.9. The monoisotopic (exact) mass is 340 g/mol. The minimum atomic E-state index is -0.685. The predicted octanol–water partition coefficient (Wildman–Crippen LogP) is 2.70. The smallest absolute Gasteiger partial charge is 0.141 e. The lowest BCUT2D eigenvalue weighted by Crippen LogP contribution is -2.37. The fourth-order valence-electron chi connectivity index (χ4n) is 2.16. The topological polar surface area (TPSA) is 56.7 Å². The van der Waals surface area contributed by atoms with Gasteiger partial charge < -0.3 is 5.73 Å². The van der Waals surface area contributed by atoms with Gasteiger partial charge in [-0.3, -0.25) is 9.67 Å². The van der Waals surface area contributed by atoms with Gasteiger partial charge in [0.1, 0.15) is 5.82 Å². The molecule has 0 fully saturated rings. The maximum atomic E-state index is 13.0. The van der Waals surface area contributed by atoms with Crippen molar-refractivity contribution in [2.45, 2.75) is 32.2 Å². The molecule has 0 aliphatic rings. The Morgan fingerprint density at radius 3 is 2.65 bits per heavy atom. The van der Waals surface area contributed by atoms with E-state index in [1.165, 1.54) is 12.3 Å². The second kappa shape index (κ2) is 5.61. The average Bonchev–Trinajstić information content (AvgIpc) is 2.66. The van der Waals surface area contributed by atoms with E-state index in [0.717, 1.165) is 22.3 Å². The van der Waals surface area contributed by atoms with Crippen LogP contribution in [0.5, 0.6) is 0 Å². The first kappa shape index (κ1) is 15.1.